The summed E-state index contributed by atoms with van der Waals surface area (Å²) in [6.45, 7) is 0.847. The van der Waals surface area contributed by atoms with Crippen molar-refractivity contribution < 1.29 is 28.5 Å². The summed E-state index contributed by atoms with van der Waals surface area (Å²) in [5.74, 6) is 0.797. The lowest BCUT2D eigenvalue weighted by Crippen LogP contribution is -2.30. The van der Waals surface area contributed by atoms with Crippen LogP contribution in [0.25, 0.3) is 0 Å². The van der Waals surface area contributed by atoms with Crippen LogP contribution in [0, 0.1) is 0 Å². The highest BCUT2D eigenvalue weighted by molar-refractivity contribution is 5.94. The zero-order chi connectivity index (χ0) is 15.5. The molecule has 1 heterocycles. The van der Waals surface area contributed by atoms with Gasteiger partial charge in [0.2, 0.25) is 5.75 Å². The fourth-order valence-electron chi connectivity index (χ4n) is 2.66. The van der Waals surface area contributed by atoms with Gasteiger partial charge in [-0.05, 0) is 31.4 Å². The molecule has 6 nitrogen and oxygen atoms in total. The zero-order valence-electron chi connectivity index (χ0n) is 12.4. The van der Waals surface area contributed by atoms with Crippen molar-refractivity contribution in [1.82, 2.24) is 0 Å². The topological polar surface area (TPSA) is 71.1 Å². The number of carbonyl (C=O) groups excluding carboxylic acids is 2. The molecule has 0 bridgehead atoms. The first kappa shape index (κ1) is 14.7. The Balaban J connectivity index is 1.81. The van der Waals surface area contributed by atoms with Gasteiger partial charge in [0.1, 0.15) is 13.2 Å². The first-order chi connectivity index (χ1) is 10.7. The fraction of sp³-hybridized carbons (Fsp3) is 0.500. The Labute approximate surface area is 128 Å². The van der Waals surface area contributed by atoms with Gasteiger partial charge in [-0.2, -0.15) is 0 Å². The highest BCUT2D eigenvalue weighted by atomic mass is 16.6. The molecule has 0 radical (unpaired) electrons. The van der Waals surface area contributed by atoms with Gasteiger partial charge in [-0.15, -0.1) is 0 Å². The highest BCUT2D eigenvalue weighted by Gasteiger charge is 2.28. The molecule has 118 valence electrons. The van der Waals surface area contributed by atoms with Gasteiger partial charge < -0.3 is 18.9 Å². The fourth-order valence-corrected chi connectivity index (χ4v) is 2.66. The first-order valence-corrected chi connectivity index (χ1v) is 7.40. The molecule has 1 aromatic rings. The molecule has 2 aliphatic rings. The summed E-state index contributed by atoms with van der Waals surface area (Å²) in [7, 11) is 1.49. The predicted molar refractivity (Wildman–Crippen MR) is 76.7 cm³/mol. The summed E-state index contributed by atoms with van der Waals surface area (Å²) in [5.41, 5.74) is 0.291. The molecular weight excluding hydrogens is 288 g/mol. The van der Waals surface area contributed by atoms with E-state index in [4.69, 9.17) is 18.9 Å². The normalized spacial score (nSPS) is 20.4. The Morgan fingerprint density at radius 1 is 1.23 bits per heavy atom. The van der Waals surface area contributed by atoms with E-state index in [-0.39, 0.29) is 5.78 Å². The number of hydrogen-bond donors (Lipinski definition) is 0. The van der Waals surface area contributed by atoms with Crippen LogP contribution in [0.2, 0.25) is 0 Å². The van der Waals surface area contributed by atoms with Gasteiger partial charge in [-0.25, -0.2) is 4.79 Å². The molecular formula is C16H18O6. The van der Waals surface area contributed by atoms with Gasteiger partial charge in [0.15, 0.2) is 23.4 Å². The van der Waals surface area contributed by atoms with Crippen LogP contribution in [-0.2, 0) is 9.53 Å². The van der Waals surface area contributed by atoms with Crippen LogP contribution < -0.4 is 14.2 Å². The molecule has 1 aliphatic carbocycles. The van der Waals surface area contributed by atoms with Crippen molar-refractivity contribution in [2.24, 2.45) is 0 Å². The summed E-state index contributed by atoms with van der Waals surface area (Å²) in [6, 6.07) is 3.11. The van der Waals surface area contributed by atoms with Crippen molar-refractivity contribution in [3.63, 3.8) is 0 Å². The van der Waals surface area contributed by atoms with Crippen molar-refractivity contribution in [2.45, 2.75) is 31.8 Å². The Kier molecular flexibility index (Phi) is 4.18. The zero-order valence-corrected chi connectivity index (χ0v) is 12.4. The van der Waals surface area contributed by atoms with E-state index in [0.29, 0.717) is 48.9 Å². The standard InChI is InChI=1S/C16H18O6/c1-19-13-8-10(9-14-15(13)21-7-6-20-14)16(18)22-12-5-3-2-4-11(12)17/h8-9,12H,2-7H2,1H3/t12-/m0/s1. The summed E-state index contributed by atoms with van der Waals surface area (Å²) in [4.78, 5) is 24.1. The van der Waals surface area contributed by atoms with E-state index in [9.17, 15) is 9.59 Å². The molecule has 0 unspecified atom stereocenters. The number of hydrogen-bond acceptors (Lipinski definition) is 6. The minimum atomic E-state index is -0.638. The first-order valence-electron chi connectivity index (χ1n) is 7.40. The molecule has 3 rings (SSSR count). The summed E-state index contributed by atoms with van der Waals surface area (Å²) < 4.78 is 21.6. The molecule has 1 aliphatic heterocycles. The number of ether oxygens (including phenoxy) is 4. The van der Waals surface area contributed by atoms with Crippen molar-refractivity contribution in [1.29, 1.82) is 0 Å². The van der Waals surface area contributed by atoms with E-state index in [1.165, 1.54) is 7.11 Å². The largest absolute Gasteiger partial charge is 0.493 e. The number of benzene rings is 1. The van der Waals surface area contributed by atoms with Gasteiger partial charge in [-0.3, -0.25) is 4.79 Å². The average Bonchev–Trinajstić information content (AvgIpc) is 2.55. The molecule has 22 heavy (non-hydrogen) atoms. The maximum Gasteiger partial charge on any atom is 0.339 e. The van der Waals surface area contributed by atoms with Crippen molar-refractivity contribution in [2.75, 3.05) is 20.3 Å². The Morgan fingerprint density at radius 3 is 2.82 bits per heavy atom. The average molecular weight is 306 g/mol. The maximum atomic E-state index is 12.3. The smallest absolute Gasteiger partial charge is 0.339 e. The SMILES string of the molecule is COc1cc(C(=O)O[C@H]2CCCCC2=O)cc2c1OCCO2. The second kappa shape index (κ2) is 6.25. The second-order valence-corrected chi connectivity index (χ2v) is 5.31. The molecule has 1 atom stereocenters. The number of esters is 1. The number of rotatable bonds is 3. The highest BCUT2D eigenvalue weighted by Crippen LogP contribution is 2.40. The molecule has 0 spiro atoms. The van der Waals surface area contributed by atoms with E-state index in [1.807, 2.05) is 0 Å². The van der Waals surface area contributed by atoms with Gasteiger partial charge in [0, 0.05) is 6.42 Å². The van der Waals surface area contributed by atoms with Crippen molar-refractivity contribution in [3.05, 3.63) is 17.7 Å². The molecule has 0 aromatic heterocycles. The quantitative estimate of drug-likeness (QED) is 0.797. The van der Waals surface area contributed by atoms with Crippen molar-refractivity contribution in [3.8, 4) is 17.2 Å². The lowest BCUT2D eigenvalue weighted by molar-refractivity contribution is -0.129. The molecule has 1 saturated carbocycles. The van der Waals surface area contributed by atoms with Crippen LogP contribution in [0.1, 0.15) is 36.0 Å². The van der Waals surface area contributed by atoms with Crippen LogP contribution in [0.4, 0.5) is 0 Å². The monoisotopic (exact) mass is 306 g/mol. The van der Waals surface area contributed by atoms with E-state index >= 15 is 0 Å². The molecule has 0 saturated heterocycles. The Hall–Kier alpha value is -2.24. The van der Waals surface area contributed by atoms with E-state index in [0.717, 1.165) is 12.8 Å². The van der Waals surface area contributed by atoms with Crippen LogP contribution in [0.15, 0.2) is 12.1 Å². The van der Waals surface area contributed by atoms with Gasteiger partial charge in [0.05, 0.1) is 12.7 Å². The van der Waals surface area contributed by atoms with Crippen LogP contribution in [-0.4, -0.2) is 38.2 Å². The maximum absolute atomic E-state index is 12.3. The number of ketones is 1. The molecule has 1 aromatic carbocycles. The second-order valence-electron chi connectivity index (χ2n) is 5.31. The molecule has 6 heteroatoms. The van der Waals surface area contributed by atoms with Crippen molar-refractivity contribution >= 4 is 11.8 Å². The van der Waals surface area contributed by atoms with Crippen LogP contribution in [0.5, 0.6) is 17.2 Å². The van der Waals surface area contributed by atoms with Crippen LogP contribution >= 0.6 is 0 Å². The Bertz CT molecular complexity index is 577. The number of carbonyl (C=O) groups is 2. The molecule has 1 fully saturated rings. The van der Waals surface area contributed by atoms with Gasteiger partial charge >= 0.3 is 5.97 Å². The summed E-state index contributed by atoms with van der Waals surface area (Å²) in [6.07, 6.45) is 2.19. The van der Waals surface area contributed by atoms with E-state index in [1.54, 1.807) is 12.1 Å². The predicted octanol–water partition coefficient (Wildman–Crippen LogP) is 2.13. The molecule has 0 amide bonds. The van der Waals surface area contributed by atoms with E-state index < -0.39 is 12.1 Å². The third-order valence-corrected chi connectivity index (χ3v) is 3.81. The Morgan fingerprint density at radius 2 is 2.05 bits per heavy atom. The minimum Gasteiger partial charge on any atom is -0.493 e. The lowest BCUT2D eigenvalue weighted by atomic mass is 9.96. The van der Waals surface area contributed by atoms with E-state index in [2.05, 4.69) is 0 Å². The summed E-state index contributed by atoms with van der Waals surface area (Å²) in [5, 5.41) is 0. The third kappa shape index (κ3) is 2.86. The number of methoxy groups -OCH3 is 1. The molecule has 0 N–H and O–H groups in total. The van der Waals surface area contributed by atoms with Crippen LogP contribution in [0.3, 0.4) is 0 Å². The lowest BCUT2D eigenvalue weighted by Gasteiger charge is -2.23. The third-order valence-electron chi connectivity index (χ3n) is 3.81. The van der Waals surface area contributed by atoms with Gasteiger partial charge in [-0.1, -0.05) is 0 Å². The number of Topliss-reactive ketones (excluding diaryl/α,β-unsaturated/α-hetero) is 1. The summed E-state index contributed by atoms with van der Waals surface area (Å²) >= 11 is 0. The minimum absolute atomic E-state index is 0.0101. The van der Waals surface area contributed by atoms with Gasteiger partial charge in [0.25, 0.3) is 0 Å². The number of fused-ring (bicyclic) bond motifs is 1.